The number of carbonyl (C=O) groups excluding carboxylic acids is 1. The fraction of sp³-hybridized carbons (Fsp3) is 0.368. The number of benzene rings is 1. The summed E-state index contributed by atoms with van der Waals surface area (Å²) in [5.41, 5.74) is 6.43. The zero-order chi connectivity index (χ0) is 19.3. The first-order valence-corrected chi connectivity index (χ1v) is 9.26. The van der Waals surface area contributed by atoms with E-state index in [1.54, 1.807) is 30.5 Å². The minimum Gasteiger partial charge on any atom is -0.329 e. The van der Waals surface area contributed by atoms with Gasteiger partial charge in [0.2, 0.25) is 5.91 Å². The van der Waals surface area contributed by atoms with Crippen molar-refractivity contribution < 1.29 is 4.79 Å². The molecule has 0 aliphatic rings. The predicted molar refractivity (Wildman–Crippen MR) is 114 cm³/mol. The van der Waals surface area contributed by atoms with Gasteiger partial charge < -0.3 is 15.6 Å². The number of pyridine rings is 1. The maximum Gasteiger partial charge on any atom is 0.250 e. The van der Waals surface area contributed by atoms with E-state index in [1.807, 2.05) is 13.8 Å². The molecule has 2 rings (SSSR count). The lowest BCUT2D eigenvalue weighted by atomic mass is 9.81. The smallest absolute Gasteiger partial charge is 0.250 e. The van der Waals surface area contributed by atoms with Crippen LogP contribution in [0.1, 0.15) is 32.3 Å². The second-order valence-electron chi connectivity index (χ2n) is 6.28. The second-order valence-corrected chi connectivity index (χ2v) is 7.09. The van der Waals surface area contributed by atoms with Crippen LogP contribution < -0.4 is 16.6 Å². The van der Waals surface area contributed by atoms with E-state index >= 15 is 0 Å². The van der Waals surface area contributed by atoms with E-state index in [0.29, 0.717) is 35.1 Å². The highest BCUT2D eigenvalue weighted by Crippen LogP contribution is 2.27. The maximum atomic E-state index is 12.7. The second kappa shape index (κ2) is 10.1. The van der Waals surface area contributed by atoms with E-state index < -0.39 is 5.41 Å². The van der Waals surface area contributed by atoms with Gasteiger partial charge >= 0.3 is 0 Å². The summed E-state index contributed by atoms with van der Waals surface area (Å²) in [7, 11) is 0. The maximum absolute atomic E-state index is 12.7. The Hall–Kier alpha value is -1.53. The molecule has 0 saturated heterocycles. The first-order valence-electron chi connectivity index (χ1n) is 8.51. The normalized spacial score (nSPS) is 11.0. The van der Waals surface area contributed by atoms with Crippen LogP contribution in [0.5, 0.6) is 0 Å². The number of anilines is 1. The zero-order valence-corrected chi connectivity index (χ0v) is 17.6. The fourth-order valence-corrected chi connectivity index (χ4v) is 3.10. The third-order valence-corrected chi connectivity index (χ3v) is 5.54. The van der Waals surface area contributed by atoms with Crippen molar-refractivity contribution in [3.05, 3.63) is 62.5 Å². The molecule has 1 amide bonds. The molecule has 8 heteroatoms. The monoisotopic (exact) mass is 431 g/mol. The van der Waals surface area contributed by atoms with Crippen molar-refractivity contribution >= 4 is 47.2 Å². The van der Waals surface area contributed by atoms with Gasteiger partial charge in [0.1, 0.15) is 0 Å². The highest BCUT2D eigenvalue weighted by Gasteiger charge is 2.33. The third-order valence-electron chi connectivity index (χ3n) is 4.80. The number of nitrogens with two attached hydrogens (primary N) is 1. The van der Waals surface area contributed by atoms with E-state index in [2.05, 4.69) is 5.32 Å². The van der Waals surface area contributed by atoms with Gasteiger partial charge in [-0.2, -0.15) is 0 Å². The molecule has 0 saturated carbocycles. The molecule has 148 valence electrons. The number of hydrogen-bond donors (Lipinski definition) is 2. The average molecular weight is 433 g/mol. The van der Waals surface area contributed by atoms with Gasteiger partial charge in [0, 0.05) is 18.8 Å². The topological polar surface area (TPSA) is 77.1 Å². The van der Waals surface area contributed by atoms with Crippen LogP contribution in [0.15, 0.2) is 41.3 Å². The largest absolute Gasteiger partial charge is 0.329 e. The van der Waals surface area contributed by atoms with E-state index in [-0.39, 0.29) is 30.4 Å². The molecule has 0 spiro atoms. The molecular formula is C19H24Cl3N3O2. The molecule has 0 atom stereocenters. The summed E-state index contributed by atoms with van der Waals surface area (Å²) in [6, 6.07) is 8.23. The van der Waals surface area contributed by atoms with Gasteiger partial charge in [0.15, 0.2) is 0 Å². The number of nitrogens with zero attached hydrogens (tertiary/aromatic N) is 1. The van der Waals surface area contributed by atoms with Crippen LogP contribution in [0.4, 0.5) is 5.69 Å². The summed E-state index contributed by atoms with van der Waals surface area (Å²) < 4.78 is 1.51. The summed E-state index contributed by atoms with van der Waals surface area (Å²) in [5, 5.41) is 3.77. The molecule has 2 aromatic rings. The van der Waals surface area contributed by atoms with Crippen molar-refractivity contribution in [3.63, 3.8) is 0 Å². The van der Waals surface area contributed by atoms with E-state index in [9.17, 15) is 9.59 Å². The molecule has 3 N–H and O–H groups in total. The van der Waals surface area contributed by atoms with Crippen LogP contribution in [0.2, 0.25) is 10.0 Å². The molecule has 1 aromatic carbocycles. The molecular weight excluding hydrogens is 409 g/mol. The van der Waals surface area contributed by atoms with Crippen LogP contribution in [0, 0.1) is 5.41 Å². The highest BCUT2D eigenvalue weighted by atomic mass is 35.5. The van der Waals surface area contributed by atoms with Gasteiger partial charge in [0.25, 0.3) is 5.56 Å². The number of rotatable bonds is 7. The van der Waals surface area contributed by atoms with E-state index in [1.165, 1.54) is 10.6 Å². The SMILES string of the molecule is CCC(CC)(CN)C(=O)Nc1ccc(=O)n(Cc2ccc(Cl)c(Cl)c2)c1.Cl. The number of halogens is 3. The van der Waals surface area contributed by atoms with Crippen molar-refractivity contribution in [2.75, 3.05) is 11.9 Å². The zero-order valence-electron chi connectivity index (χ0n) is 15.3. The molecule has 5 nitrogen and oxygen atoms in total. The molecule has 27 heavy (non-hydrogen) atoms. The predicted octanol–water partition coefficient (Wildman–Crippen LogP) is 4.33. The molecule has 1 aromatic heterocycles. The lowest BCUT2D eigenvalue weighted by molar-refractivity contribution is -0.125. The highest BCUT2D eigenvalue weighted by molar-refractivity contribution is 6.42. The van der Waals surface area contributed by atoms with Crippen LogP contribution >= 0.6 is 35.6 Å². The van der Waals surface area contributed by atoms with Gasteiger partial charge in [-0.15, -0.1) is 12.4 Å². The standard InChI is InChI=1S/C19H23Cl2N3O2.ClH/c1-3-19(4-2,12-22)18(26)23-14-6-8-17(25)24(11-14)10-13-5-7-15(20)16(21)9-13;/h5-9,11H,3-4,10,12,22H2,1-2H3,(H,23,26);1H. The Balaban J connectivity index is 0.00000364. The molecule has 0 aliphatic carbocycles. The van der Waals surface area contributed by atoms with Gasteiger partial charge in [-0.1, -0.05) is 43.1 Å². The Kier molecular flexibility index (Phi) is 8.82. The molecule has 0 aliphatic heterocycles. The molecule has 1 heterocycles. The Morgan fingerprint density at radius 2 is 1.81 bits per heavy atom. The fourth-order valence-electron chi connectivity index (χ4n) is 2.78. The molecule has 0 unspecified atom stereocenters. The Bertz CT molecular complexity index is 840. The minimum absolute atomic E-state index is 0. The lowest BCUT2D eigenvalue weighted by Gasteiger charge is -2.28. The van der Waals surface area contributed by atoms with Crippen LogP contribution in [-0.4, -0.2) is 17.0 Å². The van der Waals surface area contributed by atoms with Gasteiger partial charge in [0.05, 0.1) is 27.7 Å². The number of carbonyl (C=O) groups is 1. The van der Waals surface area contributed by atoms with Crippen molar-refractivity contribution in [2.24, 2.45) is 11.1 Å². The van der Waals surface area contributed by atoms with Crippen LogP contribution in [0.25, 0.3) is 0 Å². The third kappa shape index (κ3) is 5.48. The number of nitrogens with one attached hydrogen (secondary N) is 1. The molecule has 0 bridgehead atoms. The molecule has 0 radical (unpaired) electrons. The minimum atomic E-state index is -0.606. The summed E-state index contributed by atoms with van der Waals surface area (Å²) in [4.78, 5) is 24.8. The number of aromatic nitrogens is 1. The first kappa shape index (κ1) is 23.5. The van der Waals surface area contributed by atoms with Gasteiger partial charge in [-0.3, -0.25) is 9.59 Å². The van der Waals surface area contributed by atoms with Crippen molar-refractivity contribution in [2.45, 2.75) is 33.2 Å². The van der Waals surface area contributed by atoms with Gasteiger partial charge in [-0.25, -0.2) is 0 Å². The quantitative estimate of drug-likeness (QED) is 0.683. The Morgan fingerprint density at radius 1 is 1.15 bits per heavy atom. The first-order chi connectivity index (χ1) is 12.3. The van der Waals surface area contributed by atoms with Crippen molar-refractivity contribution in [3.8, 4) is 0 Å². The number of amides is 1. The van der Waals surface area contributed by atoms with Crippen molar-refractivity contribution in [1.82, 2.24) is 4.57 Å². The summed E-state index contributed by atoms with van der Waals surface area (Å²) >= 11 is 12.0. The van der Waals surface area contributed by atoms with Gasteiger partial charge in [-0.05, 0) is 36.6 Å². The van der Waals surface area contributed by atoms with Crippen LogP contribution in [-0.2, 0) is 11.3 Å². The van der Waals surface area contributed by atoms with Crippen molar-refractivity contribution in [1.29, 1.82) is 0 Å². The Morgan fingerprint density at radius 3 is 2.37 bits per heavy atom. The van der Waals surface area contributed by atoms with Crippen LogP contribution in [0.3, 0.4) is 0 Å². The summed E-state index contributed by atoms with van der Waals surface area (Å²) in [5.74, 6) is -0.135. The summed E-state index contributed by atoms with van der Waals surface area (Å²) in [6.07, 6.45) is 2.92. The van der Waals surface area contributed by atoms with E-state index in [0.717, 1.165) is 5.56 Å². The van der Waals surface area contributed by atoms with E-state index in [4.69, 9.17) is 28.9 Å². The lowest BCUT2D eigenvalue weighted by Crippen LogP contribution is -2.41. The summed E-state index contributed by atoms with van der Waals surface area (Å²) in [6.45, 7) is 4.49. The number of hydrogen-bond acceptors (Lipinski definition) is 3. The Labute approximate surface area is 175 Å². The molecule has 0 fully saturated rings. The average Bonchev–Trinajstić information content (AvgIpc) is 2.63.